The summed E-state index contributed by atoms with van der Waals surface area (Å²) in [6, 6.07) is 9.67. The van der Waals surface area contributed by atoms with Crippen molar-refractivity contribution in [2.75, 3.05) is 13.6 Å². The molecule has 0 aliphatic carbocycles. The average Bonchev–Trinajstić information content (AvgIpc) is 3.14. The van der Waals surface area contributed by atoms with Crippen LogP contribution in [0.15, 0.2) is 47.5 Å². The molecule has 3 aromatic rings. The normalized spacial score (nSPS) is 19.8. The molecule has 0 saturated carbocycles. The van der Waals surface area contributed by atoms with E-state index >= 15 is 0 Å². The molecule has 0 fully saturated rings. The minimum atomic E-state index is -3.22. The van der Waals surface area contributed by atoms with E-state index in [1.165, 1.54) is 23.5 Å². The number of amides is 1. The summed E-state index contributed by atoms with van der Waals surface area (Å²) in [5.41, 5.74) is 3.26. The number of hydrogen-bond donors (Lipinski definition) is 4. The van der Waals surface area contributed by atoms with Crippen LogP contribution in [0.1, 0.15) is 18.5 Å². The zero-order chi connectivity index (χ0) is 19.3. The van der Waals surface area contributed by atoms with E-state index in [1.54, 1.807) is 12.1 Å². The van der Waals surface area contributed by atoms with Gasteiger partial charge in [-0.2, -0.15) is 4.31 Å². The molecule has 2 aromatic carbocycles. The highest BCUT2D eigenvalue weighted by Crippen LogP contribution is 2.63. The fraction of sp³-hybridized carbons (Fsp3) is 0.211. The number of fused-ring (bicyclic) bond motifs is 2. The van der Waals surface area contributed by atoms with Gasteiger partial charge in [-0.15, -0.1) is 10.8 Å². The van der Waals surface area contributed by atoms with E-state index in [-0.39, 0.29) is 24.3 Å². The van der Waals surface area contributed by atoms with Crippen molar-refractivity contribution in [3.8, 4) is 11.1 Å². The van der Waals surface area contributed by atoms with Gasteiger partial charge in [-0.1, -0.05) is 6.07 Å². The van der Waals surface area contributed by atoms with E-state index < -0.39 is 10.8 Å². The summed E-state index contributed by atoms with van der Waals surface area (Å²) in [7, 11) is -1.71. The van der Waals surface area contributed by atoms with Crippen molar-refractivity contribution in [2.24, 2.45) is 0 Å². The summed E-state index contributed by atoms with van der Waals surface area (Å²) in [6.07, 6.45) is 1.81. The van der Waals surface area contributed by atoms with Crippen LogP contribution in [-0.2, 0) is 4.79 Å². The highest BCUT2D eigenvalue weighted by molar-refractivity contribution is 8.22. The van der Waals surface area contributed by atoms with Crippen LogP contribution in [0, 0.1) is 5.82 Å². The molecular weight excluding hydrogens is 369 g/mol. The Balaban J connectivity index is 1.78. The van der Waals surface area contributed by atoms with Crippen molar-refractivity contribution in [3.63, 3.8) is 0 Å². The predicted octanol–water partition coefficient (Wildman–Crippen LogP) is 4.12. The molecule has 2 heterocycles. The van der Waals surface area contributed by atoms with Crippen LogP contribution in [0.4, 0.5) is 4.39 Å². The van der Waals surface area contributed by atoms with E-state index in [0.717, 1.165) is 22.1 Å². The van der Waals surface area contributed by atoms with Gasteiger partial charge in [0.25, 0.3) is 0 Å². The molecule has 1 amide bonds. The lowest BCUT2D eigenvalue weighted by Gasteiger charge is -2.38. The van der Waals surface area contributed by atoms with Gasteiger partial charge >= 0.3 is 0 Å². The lowest BCUT2D eigenvalue weighted by Crippen LogP contribution is -2.35. The summed E-state index contributed by atoms with van der Waals surface area (Å²) >= 11 is 0. The first kappa shape index (κ1) is 18.0. The van der Waals surface area contributed by atoms with Crippen molar-refractivity contribution in [1.82, 2.24) is 14.6 Å². The molecule has 0 saturated heterocycles. The standard InChI is InChI=1S/C19H20FN3O3S/c1-11-15-7-12(16-9-22-17-8-13(20)4-5-14(16)17)3-6-18(15)27(25,26)23(11)10-19(24)21-2/h3-9,11,22,25-26H,10H2,1-2H3,(H,21,24). The topological polar surface area (TPSA) is 88.6 Å². The van der Waals surface area contributed by atoms with Crippen molar-refractivity contribution in [1.29, 1.82) is 0 Å². The van der Waals surface area contributed by atoms with Crippen LogP contribution in [0.3, 0.4) is 0 Å². The number of nitrogens with one attached hydrogen (secondary N) is 2. The maximum Gasteiger partial charge on any atom is 0.235 e. The summed E-state index contributed by atoms with van der Waals surface area (Å²) in [4.78, 5) is 15.3. The second-order valence-electron chi connectivity index (χ2n) is 6.59. The number of hydrogen-bond acceptors (Lipinski definition) is 4. The molecule has 4 N–H and O–H groups in total. The molecule has 1 atom stereocenters. The number of likely N-dealkylation sites (N-methyl/N-ethyl adjacent to an activating group) is 1. The number of carbonyl (C=O) groups is 1. The van der Waals surface area contributed by atoms with Crippen molar-refractivity contribution < 1.29 is 18.3 Å². The molecule has 0 spiro atoms. The summed E-state index contributed by atoms with van der Waals surface area (Å²) in [5, 5.41) is 3.40. The minimum Gasteiger partial charge on any atom is -0.360 e. The highest BCUT2D eigenvalue weighted by Gasteiger charge is 2.41. The van der Waals surface area contributed by atoms with Gasteiger partial charge in [0.05, 0.1) is 17.5 Å². The average molecular weight is 389 g/mol. The van der Waals surface area contributed by atoms with Gasteiger partial charge < -0.3 is 10.3 Å². The maximum atomic E-state index is 13.4. The highest BCUT2D eigenvalue weighted by atomic mass is 32.3. The van der Waals surface area contributed by atoms with Gasteiger partial charge in [0.2, 0.25) is 5.91 Å². The van der Waals surface area contributed by atoms with Crippen molar-refractivity contribution in [2.45, 2.75) is 17.9 Å². The number of benzene rings is 2. The zero-order valence-electron chi connectivity index (χ0n) is 14.9. The lowest BCUT2D eigenvalue weighted by molar-refractivity contribution is -0.121. The molecule has 4 rings (SSSR count). The fourth-order valence-electron chi connectivity index (χ4n) is 3.58. The second-order valence-corrected chi connectivity index (χ2v) is 8.53. The third-order valence-corrected chi connectivity index (χ3v) is 7.11. The van der Waals surface area contributed by atoms with Gasteiger partial charge in [0.1, 0.15) is 5.82 Å². The Kier molecular flexibility index (Phi) is 4.23. The maximum absolute atomic E-state index is 13.4. The van der Waals surface area contributed by atoms with Crippen LogP contribution in [0.5, 0.6) is 0 Å². The lowest BCUT2D eigenvalue weighted by atomic mass is 9.99. The molecular formula is C19H20FN3O3S. The Hall–Kier alpha value is -2.39. The van der Waals surface area contributed by atoms with Gasteiger partial charge in [-0.25, -0.2) is 4.39 Å². The van der Waals surface area contributed by atoms with Crippen molar-refractivity contribution in [3.05, 3.63) is 54.0 Å². The zero-order valence-corrected chi connectivity index (χ0v) is 15.7. The number of rotatable bonds is 3. The third-order valence-electron chi connectivity index (χ3n) is 5.05. The minimum absolute atomic E-state index is 0.101. The van der Waals surface area contributed by atoms with E-state index in [2.05, 4.69) is 10.3 Å². The fourth-order valence-corrected chi connectivity index (χ4v) is 5.48. The van der Waals surface area contributed by atoms with Crippen LogP contribution in [0.25, 0.3) is 22.0 Å². The summed E-state index contributed by atoms with van der Waals surface area (Å²) < 4.78 is 36.2. The number of halogens is 1. The molecule has 0 radical (unpaired) electrons. The predicted molar refractivity (Wildman–Crippen MR) is 104 cm³/mol. The molecule has 8 heteroatoms. The summed E-state index contributed by atoms with van der Waals surface area (Å²) in [6.45, 7) is 1.74. The second kappa shape index (κ2) is 6.35. The van der Waals surface area contributed by atoms with E-state index in [9.17, 15) is 18.3 Å². The number of H-pyrrole nitrogens is 1. The van der Waals surface area contributed by atoms with E-state index in [4.69, 9.17) is 0 Å². The first-order chi connectivity index (χ1) is 12.8. The van der Waals surface area contributed by atoms with E-state index in [1.807, 2.05) is 25.3 Å². The number of carbonyl (C=O) groups excluding carboxylic acids is 1. The first-order valence-corrected chi connectivity index (χ1v) is 10.00. The molecule has 142 valence electrons. The van der Waals surface area contributed by atoms with E-state index in [0.29, 0.717) is 10.4 Å². The first-order valence-electron chi connectivity index (χ1n) is 8.49. The number of aromatic nitrogens is 1. The molecule has 27 heavy (non-hydrogen) atoms. The molecule has 0 bridgehead atoms. The SMILES string of the molecule is CNC(=O)CN1C(C)c2cc(-c3c[nH]c4cc(F)ccc34)ccc2S1(O)O. The smallest absolute Gasteiger partial charge is 0.235 e. The Bertz CT molecular complexity index is 1050. The largest absolute Gasteiger partial charge is 0.360 e. The molecule has 1 aromatic heterocycles. The molecule has 1 aliphatic heterocycles. The Morgan fingerprint density at radius 3 is 2.81 bits per heavy atom. The Labute approximate surface area is 157 Å². The van der Waals surface area contributed by atoms with Crippen molar-refractivity contribution >= 4 is 27.6 Å². The van der Waals surface area contributed by atoms with Gasteiger partial charge in [0.15, 0.2) is 0 Å². The Morgan fingerprint density at radius 1 is 1.30 bits per heavy atom. The number of nitrogens with zero attached hydrogens (tertiary/aromatic N) is 1. The van der Waals surface area contributed by atoms with Crippen LogP contribution < -0.4 is 5.32 Å². The van der Waals surface area contributed by atoms with Crippen LogP contribution in [-0.4, -0.2) is 37.9 Å². The van der Waals surface area contributed by atoms with Crippen LogP contribution in [0.2, 0.25) is 0 Å². The number of aromatic amines is 1. The van der Waals surface area contributed by atoms with Gasteiger partial charge in [-0.3, -0.25) is 13.9 Å². The third kappa shape index (κ3) is 2.81. The Morgan fingerprint density at radius 2 is 2.07 bits per heavy atom. The van der Waals surface area contributed by atoms with Crippen LogP contribution >= 0.6 is 10.8 Å². The molecule has 6 nitrogen and oxygen atoms in total. The molecule has 1 aliphatic rings. The summed E-state index contributed by atoms with van der Waals surface area (Å²) in [5.74, 6) is -0.592. The van der Waals surface area contributed by atoms with Gasteiger partial charge in [-0.05, 0) is 48.4 Å². The quantitative estimate of drug-likeness (QED) is 0.543. The molecule has 1 unspecified atom stereocenters. The monoisotopic (exact) mass is 389 g/mol. The van der Waals surface area contributed by atoms with Gasteiger partial charge in [0, 0.05) is 29.7 Å².